The van der Waals surface area contributed by atoms with E-state index < -0.39 is 5.97 Å². The smallest absolute Gasteiger partial charge is 0.310 e. The molecule has 0 bridgehead atoms. The zero-order valence-electron chi connectivity index (χ0n) is 10.9. The van der Waals surface area contributed by atoms with Crippen LogP contribution in [0.25, 0.3) is 0 Å². The van der Waals surface area contributed by atoms with Crippen molar-refractivity contribution >= 4 is 23.2 Å². The van der Waals surface area contributed by atoms with Crippen molar-refractivity contribution in [3.05, 3.63) is 21.4 Å². The quantitative estimate of drug-likeness (QED) is 0.901. The average Bonchev–Trinajstić information content (AvgIpc) is 2.68. The first-order chi connectivity index (χ1) is 9.06. The highest BCUT2D eigenvalue weighted by atomic mass is 32.1. The largest absolute Gasteiger partial charge is 0.481 e. The van der Waals surface area contributed by atoms with E-state index in [9.17, 15) is 9.59 Å². The van der Waals surface area contributed by atoms with Crippen LogP contribution in [-0.2, 0) is 17.6 Å². The van der Waals surface area contributed by atoms with Gasteiger partial charge in [-0.05, 0) is 30.7 Å². The molecule has 0 radical (unpaired) electrons. The van der Waals surface area contributed by atoms with Crippen LogP contribution in [0.5, 0.6) is 0 Å². The van der Waals surface area contributed by atoms with Crippen molar-refractivity contribution in [3.63, 3.8) is 0 Å². The van der Waals surface area contributed by atoms with Crippen LogP contribution in [0.15, 0.2) is 5.38 Å². The molecule has 1 atom stereocenters. The lowest BCUT2D eigenvalue weighted by molar-refractivity contribution is -0.146. The molecular formula is C14H17NO3S. The monoisotopic (exact) mass is 279 g/mol. The van der Waals surface area contributed by atoms with E-state index in [1.165, 1.54) is 10.4 Å². The molecule has 102 valence electrons. The molecular weight excluding hydrogens is 262 g/mol. The van der Waals surface area contributed by atoms with Crippen LogP contribution in [0.2, 0.25) is 0 Å². The molecule has 1 saturated heterocycles. The van der Waals surface area contributed by atoms with E-state index in [0.29, 0.717) is 19.0 Å². The Bertz CT molecular complexity index is 531. The Morgan fingerprint density at radius 3 is 2.84 bits per heavy atom. The van der Waals surface area contributed by atoms with Gasteiger partial charge in [0.2, 0.25) is 0 Å². The van der Waals surface area contributed by atoms with Gasteiger partial charge < -0.3 is 10.0 Å². The molecule has 1 N–H and O–H groups in total. The summed E-state index contributed by atoms with van der Waals surface area (Å²) in [5.41, 5.74) is 2.03. The normalized spacial score (nSPS) is 22.8. The van der Waals surface area contributed by atoms with Crippen molar-refractivity contribution in [2.75, 3.05) is 13.1 Å². The molecule has 1 amide bonds. The van der Waals surface area contributed by atoms with Crippen molar-refractivity contribution in [1.29, 1.82) is 0 Å². The molecule has 19 heavy (non-hydrogen) atoms. The zero-order chi connectivity index (χ0) is 13.6. The van der Waals surface area contributed by atoms with Gasteiger partial charge in [0.05, 0.1) is 11.5 Å². The van der Waals surface area contributed by atoms with Crippen LogP contribution in [0.4, 0.5) is 0 Å². The molecule has 1 aromatic rings. The van der Waals surface area contributed by atoms with E-state index in [0.717, 1.165) is 24.8 Å². The molecule has 3 rings (SSSR count). The summed E-state index contributed by atoms with van der Waals surface area (Å²) in [6.07, 6.45) is 3.20. The van der Waals surface area contributed by atoms with E-state index in [4.69, 9.17) is 5.11 Å². The Hall–Kier alpha value is -1.36. The summed E-state index contributed by atoms with van der Waals surface area (Å²) in [5.74, 6) is -0.456. The van der Waals surface area contributed by atoms with Gasteiger partial charge in [-0.25, -0.2) is 0 Å². The minimum Gasteiger partial charge on any atom is -0.481 e. The van der Waals surface area contributed by atoms with Gasteiger partial charge in [-0.1, -0.05) is 6.92 Å². The number of likely N-dealkylation sites (tertiary alicyclic amines) is 1. The lowest BCUT2D eigenvalue weighted by atomic mass is 9.88. The molecule has 2 heterocycles. The topological polar surface area (TPSA) is 57.6 Å². The van der Waals surface area contributed by atoms with Crippen LogP contribution < -0.4 is 0 Å². The third-order valence-corrected chi connectivity index (χ3v) is 5.20. The van der Waals surface area contributed by atoms with Gasteiger partial charge in [-0.2, -0.15) is 0 Å². The Labute approximate surface area is 116 Å². The van der Waals surface area contributed by atoms with Gasteiger partial charge in [0.15, 0.2) is 0 Å². The number of nitrogens with zero attached hydrogens (tertiary/aromatic N) is 1. The number of hydrogen-bond acceptors (Lipinski definition) is 3. The van der Waals surface area contributed by atoms with Gasteiger partial charge in [0.1, 0.15) is 0 Å². The summed E-state index contributed by atoms with van der Waals surface area (Å²) < 4.78 is 0. The highest BCUT2D eigenvalue weighted by Crippen LogP contribution is 2.34. The Balaban J connectivity index is 1.74. The molecule has 1 aliphatic heterocycles. The summed E-state index contributed by atoms with van der Waals surface area (Å²) in [6, 6.07) is 0. The maximum absolute atomic E-state index is 12.3. The van der Waals surface area contributed by atoms with E-state index in [-0.39, 0.29) is 11.8 Å². The third kappa shape index (κ3) is 2.16. The first-order valence-corrected chi connectivity index (χ1v) is 7.55. The second-order valence-corrected chi connectivity index (χ2v) is 6.61. The first-order valence-electron chi connectivity index (χ1n) is 6.67. The summed E-state index contributed by atoms with van der Waals surface area (Å²) in [6.45, 7) is 2.96. The van der Waals surface area contributed by atoms with Crippen molar-refractivity contribution < 1.29 is 14.7 Å². The fraction of sp³-hybridized carbons (Fsp3) is 0.571. The van der Waals surface area contributed by atoms with Crippen LogP contribution in [0.1, 0.15) is 34.1 Å². The SMILES string of the molecule is CC1CCc2c(C(=O)N3CC(C(=O)O)C3)csc2C1. The highest BCUT2D eigenvalue weighted by molar-refractivity contribution is 7.10. The summed E-state index contributed by atoms with van der Waals surface area (Å²) in [7, 11) is 0. The predicted molar refractivity (Wildman–Crippen MR) is 72.5 cm³/mol. The summed E-state index contributed by atoms with van der Waals surface area (Å²) >= 11 is 1.68. The lowest BCUT2D eigenvalue weighted by Crippen LogP contribution is -2.53. The number of carbonyl (C=O) groups is 2. The number of amides is 1. The number of thiophene rings is 1. The van der Waals surface area contributed by atoms with Crippen molar-refractivity contribution in [2.45, 2.75) is 26.2 Å². The van der Waals surface area contributed by atoms with Gasteiger partial charge in [-0.3, -0.25) is 9.59 Å². The van der Waals surface area contributed by atoms with E-state index in [1.54, 1.807) is 16.2 Å². The highest BCUT2D eigenvalue weighted by Gasteiger charge is 2.37. The van der Waals surface area contributed by atoms with E-state index in [1.807, 2.05) is 5.38 Å². The van der Waals surface area contributed by atoms with Gasteiger partial charge in [0, 0.05) is 23.3 Å². The van der Waals surface area contributed by atoms with Crippen LogP contribution in [0, 0.1) is 11.8 Å². The fourth-order valence-electron chi connectivity index (χ4n) is 2.83. The molecule has 1 aromatic heterocycles. The Morgan fingerprint density at radius 1 is 1.42 bits per heavy atom. The van der Waals surface area contributed by atoms with Crippen LogP contribution in [0.3, 0.4) is 0 Å². The zero-order valence-corrected chi connectivity index (χ0v) is 11.7. The standard InChI is InChI=1S/C14H17NO3S/c1-8-2-3-10-11(7-19-12(10)4-8)13(16)15-5-9(6-15)14(17)18/h7-9H,2-6H2,1H3,(H,17,18). The Morgan fingerprint density at radius 2 is 2.16 bits per heavy atom. The molecule has 0 saturated carbocycles. The predicted octanol–water partition coefficient (Wildman–Crippen LogP) is 2.03. The van der Waals surface area contributed by atoms with Crippen LogP contribution >= 0.6 is 11.3 Å². The number of carboxylic acids is 1. The minimum absolute atomic E-state index is 0.0181. The van der Waals surface area contributed by atoms with Gasteiger partial charge >= 0.3 is 5.97 Å². The Kier molecular flexibility index (Phi) is 3.09. The fourth-order valence-corrected chi connectivity index (χ4v) is 4.07. The summed E-state index contributed by atoms with van der Waals surface area (Å²) in [5, 5.41) is 10.8. The minimum atomic E-state index is -0.801. The molecule has 1 fully saturated rings. The number of rotatable bonds is 2. The van der Waals surface area contributed by atoms with Gasteiger partial charge in [0.25, 0.3) is 5.91 Å². The molecule has 1 unspecified atom stereocenters. The maximum Gasteiger partial charge on any atom is 0.310 e. The summed E-state index contributed by atoms with van der Waals surface area (Å²) in [4.78, 5) is 26.1. The second kappa shape index (κ2) is 4.63. The lowest BCUT2D eigenvalue weighted by Gasteiger charge is -2.36. The van der Waals surface area contributed by atoms with Crippen molar-refractivity contribution in [2.24, 2.45) is 11.8 Å². The maximum atomic E-state index is 12.3. The number of carbonyl (C=O) groups excluding carboxylic acids is 1. The molecule has 1 aliphatic carbocycles. The molecule has 4 nitrogen and oxygen atoms in total. The number of hydrogen-bond donors (Lipinski definition) is 1. The van der Waals surface area contributed by atoms with Crippen molar-refractivity contribution in [1.82, 2.24) is 4.90 Å². The second-order valence-electron chi connectivity index (χ2n) is 5.64. The molecule has 2 aliphatic rings. The molecule has 5 heteroatoms. The van der Waals surface area contributed by atoms with Crippen LogP contribution in [-0.4, -0.2) is 35.0 Å². The van der Waals surface area contributed by atoms with Gasteiger partial charge in [-0.15, -0.1) is 11.3 Å². The van der Waals surface area contributed by atoms with E-state index in [2.05, 4.69) is 6.92 Å². The first kappa shape index (κ1) is 12.7. The molecule has 0 spiro atoms. The number of fused-ring (bicyclic) bond motifs is 1. The molecule has 0 aromatic carbocycles. The average molecular weight is 279 g/mol. The van der Waals surface area contributed by atoms with Crippen molar-refractivity contribution in [3.8, 4) is 0 Å². The third-order valence-electron chi connectivity index (χ3n) is 4.15. The van der Waals surface area contributed by atoms with E-state index >= 15 is 0 Å². The number of aliphatic carboxylic acids is 1. The number of carboxylic acid groups (broad SMARTS) is 1.